The number of hydrogen-bond acceptors (Lipinski definition) is 1. The summed E-state index contributed by atoms with van der Waals surface area (Å²) >= 11 is 0. The fraction of sp³-hybridized carbons (Fsp3) is 0.867. The third-order valence-electron chi connectivity index (χ3n) is 5.46. The van der Waals surface area contributed by atoms with Crippen LogP contribution in [0.3, 0.4) is 0 Å². The summed E-state index contributed by atoms with van der Waals surface area (Å²) in [5.41, 5.74) is 2.21. The minimum Gasteiger partial charge on any atom is -0.366 e. The van der Waals surface area contributed by atoms with Crippen molar-refractivity contribution in [1.82, 2.24) is 0 Å². The van der Waals surface area contributed by atoms with Gasteiger partial charge in [-0.15, -0.1) is 0 Å². The highest BCUT2D eigenvalue weighted by atomic mass is 16.6. The van der Waals surface area contributed by atoms with Crippen molar-refractivity contribution in [3.05, 3.63) is 12.2 Å². The first-order chi connectivity index (χ1) is 7.42. The molecule has 3 fully saturated rings. The summed E-state index contributed by atoms with van der Waals surface area (Å²) in [6, 6.07) is 0. The molecule has 2 saturated carbocycles. The Morgan fingerprint density at radius 1 is 1.31 bits per heavy atom. The fourth-order valence-electron chi connectivity index (χ4n) is 4.16. The SMILES string of the molecule is C=C1CCCC(C)(C)[C@H]2C[C@@]3(C)O[C@H]3C[C@H]12. The molecule has 0 aromatic carbocycles. The molecule has 0 unspecified atom stereocenters. The number of rotatable bonds is 0. The Morgan fingerprint density at radius 2 is 2.06 bits per heavy atom. The fourth-order valence-corrected chi connectivity index (χ4v) is 4.16. The number of fused-ring (bicyclic) bond motifs is 2. The highest BCUT2D eigenvalue weighted by molar-refractivity contribution is 5.17. The molecule has 0 bridgehead atoms. The molecule has 90 valence electrons. The van der Waals surface area contributed by atoms with E-state index in [1.165, 1.54) is 37.7 Å². The van der Waals surface area contributed by atoms with E-state index in [1.54, 1.807) is 0 Å². The van der Waals surface area contributed by atoms with Crippen molar-refractivity contribution < 1.29 is 4.74 Å². The van der Waals surface area contributed by atoms with E-state index in [9.17, 15) is 0 Å². The van der Waals surface area contributed by atoms with Crippen LogP contribution in [0.25, 0.3) is 0 Å². The molecule has 0 aromatic rings. The Balaban J connectivity index is 1.91. The summed E-state index contributed by atoms with van der Waals surface area (Å²) in [7, 11) is 0. The second-order valence-electron chi connectivity index (χ2n) is 7.07. The number of allylic oxidation sites excluding steroid dienone is 1. The van der Waals surface area contributed by atoms with Gasteiger partial charge in [-0.05, 0) is 56.3 Å². The third kappa shape index (κ3) is 1.48. The third-order valence-corrected chi connectivity index (χ3v) is 5.46. The molecule has 1 heterocycles. The Kier molecular flexibility index (Phi) is 2.12. The minimum atomic E-state index is 0.225. The second kappa shape index (κ2) is 3.13. The topological polar surface area (TPSA) is 12.5 Å². The zero-order chi connectivity index (χ0) is 11.6. The van der Waals surface area contributed by atoms with Gasteiger partial charge in [0.25, 0.3) is 0 Å². The summed E-state index contributed by atoms with van der Waals surface area (Å²) in [6.07, 6.45) is 6.97. The van der Waals surface area contributed by atoms with Crippen LogP contribution in [0, 0.1) is 17.3 Å². The van der Waals surface area contributed by atoms with Gasteiger partial charge in [-0.3, -0.25) is 0 Å². The molecule has 1 heteroatoms. The molecule has 1 nitrogen and oxygen atoms in total. The zero-order valence-electron chi connectivity index (χ0n) is 10.9. The van der Waals surface area contributed by atoms with E-state index >= 15 is 0 Å². The predicted octanol–water partition coefficient (Wildman–Crippen LogP) is 3.94. The second-order valence-corrected chi connectivity index (χ2v) is 7.07. The molecule has 0 spiro atoms. The van der Waals surface area contributed by atoms with Crippen LogP contribution in [0.4, 0.5) is 0 Å². The summed E-state index contributed by atoms with van der Waals surface area (Å²) in [5.74, 6) is 1.53. The van der Waals surface area contributed by atoms with Gasteiger partial charge in [0.05, 0.1) is 11.7 Å². The highest BCUT2D eigenvalue weighted by Crippen LogP contribution is 2.59. The molecule has 2 aliphatic carbocycles. The summed E-state index contributed by atoms with van der Waals surface area (Å²) in [4.78, 5) is 0. The van der Waals surface area contributed by atoms with E-state index in [2.05, 4.69) is 27.4 Å². The average Bonchev–Trinajstić information content (AvgIpc) is 2.86. The molecule has 3 rings (SSSR count). The Hall–Kier alpha value is -0.300. The van der Waals surface area contributed by atoms with Gasteiger partial charge in [-0.1, -0.05) is 26.0 Å². The van der Waals surface area contributed by atoms with Gasteiger partial charge in [-0.2, -0.15) is 0 Å². The van der Waals surface area contributed by atoms with E-state index in [4.69, 9.17) is 4.74 Å². The first kappa shape index (κ1) is 10.8. The lowest BCUT2D eigenvalue weighted by Crippen LogP contribution is -2.38. The van der Waals surface area contributed by atoms with Crippen molar-refractivity contribution in [2.45, 2.75) is 64.6 Å². The van der Waals surface area contributed by atoms with E-state index in [0.29, 0.717) is 11.5 Å². The Morgan fingerprint density at radius 3 is 2.81 bits per heavy atom. The van der Waals surface area contributed by atoms with Crippen LogP contribution in [0.1, 0.15) is 52.9 Å². The van der Waals surface area contributed by atoms with E-state index in [-0.39, 0.29) is 5.60 Å². The Labute approximate surface area is 99.3 Å². The Bertz CT molecular complexity index is 330. The average molecular weight is 220 g/mol. The molecule has 0 N–H and O–H groups in total. The zero-order valence-corrected chi connectivity index (χ0v) is 10.9. The van der Waals surface area contributed by atoms with Crippen LogP contribution in [0.15, 0.2) is 12.2 Å². The van der Waals surface area contributed by atoms with Crippen LogP contribution in [-0.2, 0) is 4.74 Å². The molecule has 16 heavy (non-hydrogen) atoms. The largest absolute Gasteiger partial charge is 0.366 e. The lowest BCUT2D eigenvalue weighted by Gasteiger charge is -2.41. The summed E-state index contributed by atoms with van der Waals surface area (Å²) in [6.45, 7) is 11.6. The minimum absolute atomic E-state index is 0.225. The molecule has 0 aromatic heterocycles. The van der Waals surface area contributed by atoms with Crippen molar-refractivity contribution in [2.24, 2.45) is 17.3 Å². The monoisotopic (exact) mass is 220 g/mol. The van der Waals surface area contributed by atoms with Crippen LogP contribution in [0.5, 0.6) is 0 Å². The molecular weight excluding hydrogens is 196 g/mol. The van der Waals surface area contributed by atoms with Gasteiger partial charge < -0.3 is 4.74 Å². The van der Waals surface area contributed by atoms with Crippen LogP contribution >= 0.6 is 0 Å². The number of hydrogen-bond donors (Lipinski definition) is 0. The first-order valence-corrected chi connectivity index (χ1v) is 6.78. The van der Waals surface area contributed by atoms with Gasteiger partial charge in [0, 0.05) is 0 Å². The molecule has 0 radical (unpaired) electrons. The first-order valence-electron chi connectivity index (χ1n) is 6.78. The number of epoxide rings is 1. The normalized spacial score (nSPS) is 50.2. The van der Waals surface area contributed by atoms with E-state index in [0.717, 1.165) is 11.8 Å². The highest BCUT2D eigenvalue weighted by Gasteiger charge is 2.60. The lowest BCUT2D eigenvalue weighted by atomic mass is 9.62. The standard InChI is InChI=1S/C15H24O/c1-10-6-5-7-14(2,3)12-9-15(4)13(16-15)8-11(10)12/h11-13H,1,5-9H2,2-4H3/t11-,12+,13+,15-/m1/s1. The summed E-state index contributed by atoms with van der Waals surface area (Å²) < 4.78 is 5.90. The lowest BCUT2D eigenvalue weighted by molar-refractivity contribution is 0.105. The maximum atomic E-state index is 5.90. The van der Waals surface area contributed by atoms with E-state index in [1.807, 2.05) is 0 Å². The molecule has 0 amide bonds. The maximum Gasteiger partial charge on any atom is 0.0923 e. The van der Waals surface area contributed by atoms with Gasteiger partial charge >= 0.3 is 0 Å². The van der Waals surface area contributed by atoms with Crippen molar-refractivity contribution >= 4 is 0 Å². The van der Waals surface area contributed by atoms with Crippen molar-refractivity contribution in [3.8, 4) is 0 Å². The van der Waals surface area contributed by atoms with Gasteiger partial charge in [0.15, 0.2) is 0 Å². The summed E-state index contributed by atoms with van der Waals surface area (Å²) in [5, 5.41) is 0. The van der Waals surface area contributed by atoms with Crippen LogP contribution < -0.4 is 0 Å². The molecule has 3 aliphatic rings. The molecule has 4 atom stereocenters. The van der Waals surface area contributed by atoms with Crippen molar-refractivity contribution in [3.63, 3.8) is 0 Å². The van der Waals surface area contributed by atoms with E-state index < -0.39 is 0 Å². The van der Waals surface area contributed by atoms with Crippen molar-refractivity contribution in [1.29, 1.82) is 0 Å². The van der Waals surface area contributed by atoms with Gasteiger partial charge in [0.1, 0.15) is 0 Å². The van der Waals surface area contributed by atoms with Gasteiger partial charge in [0.2, 0.25) is 0 Å². The quantitative estimate of drug-likeness (QED) is 0.445. The predicted molar refractivity (Wildman–Crippen MR) is 66.3 cm³/mol. The van der Waals surface area contributed by atoms with Crippen LogP contribution in [0.2, 0.25) is 0 Å². The molecule has 1 saturated heterocycles. The van der Waals surface area contributed by atoms with Crippen LogP contribution in [-0.4, -0.2) is 11.7 Å². The smallest absolute Gasteiger partial charge is 0.0923 e. The molecule has 1 aliphatic heterocycles. The van der Waals surface area contributed by atoms with Crippen molar-refractivity contribution in [2.75, 3.05) is 0 Å². The van der Waals surface area contributed by atoms with Gasteiger partial charge in [-0.25, -0.2) is 0 Å². The molecular formula is C15H24O. The number of ether oxygens (including phenoxy) is 1. The maximum absolute atomic E-state index is 5.90.